The second kappa shape index (κ2) is 9.23. The van der Waals surface area contributed by atoms with Gasteiger partial charge in [-0.2, -0.15) is 13.5 Å². The van der Waals surface area contributed by atoms with Gasteiger partial charge in [-0.1, -0.05) is 29.8 Å². The molecule has 30 heavy (non-hydrogen) atoms. The molecule has 0 aliphatic rings. The van der Waals surface area contributed by atoms with Gasteiger partial charge < -0.3 is 8.92 Å². The number of rotatable bonds is 7. The molecule has 0 radical (unpaired) electrons. The number of nitrogens with one attached hydrogen (secondary N) is 1. The summed E-state index contributed by atoms with van der Waals surface area (Å²) in [7, 11) is -2.46. The molecule has 8 heteroatoms. The van der Waals surface area contributed by atoms with E-state index in [-0.39, 0.29) is 10.6 Å². The lowest BCUT2D eigenvalue weighted by atomic mass is 10.2. The number of methoxy groups -OCH3 is 1. The molecule has 0 saturated carbocycles. The maximum atomic E-state index is 12.5. The highest BCUT2D eigenvalue weighted by Crippen LogP contribution is 2.22. The molecule has 0 aliphatic heterocycles. The molecule has 7 nitrogen and oxygen atoms in total. The Bertz CT molecular complexity index is 1150. The van der Waals surface area contributed by atoms with Gasteiger partial charge in [0.1, 0.15) is 10.6 Å². The lowest BCUT2D eigenvalue weighted by Crippen LogP contribution is -2.17. The van der Waals surface area contributed by atoms with Gasteiger partial charge in [-0.05, 0) is 55.5 Å². The van der Waals surface area contributed by atoms with Crippen molar-refractivity contribution in [3.63, 3.8) is 0 Å². The molecule has 0 spiro atoms. The number of nitrogens with zero attached hydrogens (tertiary/aromatic N) is 1. The molecule has 3 rings (SSSR count). The predicted octanol–water partition coefficient (Wildman–Crippen LogP) is 3.54. The first kappa shape index (κ1) is 21.1. The van der Waals surface area contributed by atoms with Crippen molar-refractivity contribution in [1.82, 2.24) is 5.43 Å². The molecule has 0 saturated heterocycles. The third-order valence-electron chi connectivity index (χ3n) is 4.15. The van der Waals surface area contributed by atoms with Crippen LogP contribution in [0, 0.1) is 6.92 Å². The summed E-state index contributed by atoms with van der Waals surface area (Å²) in [4.78, 5) is 12.2. The van der Waals surface area contributed by atoms with Gasteiger partial charge in [0.2, 0.25) is 0 Å². The van der Waals surface area contributed by atoms with Crippen molar-refractivity contribution in [2.75, 3.05) is 7.11 Å². The smallest absolute Gasteiger partial charge is 0.339 e. The molecule has 0 bridgehead atoms. The number of carbonyl (C=O) groups excluding carboxylic acids is 1. The van der Waals surface area contributed by atoms with Crippen molar-refractivity contribution in [2.45, 2.75) is 11.8 Å². The van der Waals surface area contributed by atoms with E-state index in [1.165, 1.54) is 31.5 Å². The molecule has 3 aromatic rings. The van der Waals surface area contributed by atoms with Crippen LogP contribution in [0.1, 0.15) is 21.5 Å². The normalized spacial score (nSPS) is 11.3. The van der Waals surface area contributed by atoms with Crippen molar-refractivity contribution in [1.29, 1.82) is 0 Å². The molecule has 0 aliphatic carbocycles. The quantitative estimate of drug-likeness (QED) is 0.356. The maximum Gasteiger partial charge on any atom is 0.339 e. The monoisotopic (exact) mass is 424 g/mol. The summed E-state index contributed by atoms with van der Waals surface area (Å²) < 4.78 is 35.4. The van der Waals surface area contributed by atoms with E-state index in [0.29, 0.717) is 16.9 Å². The maximum absolute atomic E-state index is 12.5. The van der Waals surface area contributed by atoms with Crippen LogP contribution in [0.2, 0.25) is 0 Å². The van der Waals surface area contributed by atoms with E-state index in [0.717, 1.165) is 5.56 Å². The first-order valence-electron chi connectivity index (χ1n) is 8.97. The van der Waals surface area contributed by atoms with Gasteiger partial charge in [-0.3, -0.25) is 4.79 Å². The van der Waals surface area contributed by atoms with Crippen LogP contribution in [0.15, 0.2) is 82.8 Å². The Morgan fingerprint density at radius 3 is 2.30 bits per heavy atom. The first-order valence-corrected chi connectivity index (χ1v) is 10.4. The Kier molecular flexibility index (Phi) is 6.48. The van der Waals surface area contributed by atoms with Crippen LogP contribution in [0.3, 0.4) is 0 Å². The average molecular weight is 424 g/mol. The fourth-order valence-electron chi connectivity index (χ4n) is 2.50. The fraction of sp³-hybridized carbons (Fsp3) is 0.0909. The van der Waals surface area contributed by atoms with Gasteiger partial charge >= 0.3 is 10.1 Å². The minimum Gasteiger partial charge on any atom is -0.497 e. The zero-order chi connectivity index (χ0) is 21.6. The first-order chi connectivity index (χ1) is 14.4. The zero-order valence-electron chi connectivity index (χ0n) is 16.4. The molecule has 1 amide bonds. The Morgan fingerprint density at radius 2 is 1.63 bits per heavy atom. The SMILES string of the molecule is COc1ccc(C(=O)N/N=C/c2ccccc2OS(=O)(=O)c2ccc(C)cc2)cc1. The highest BCUT2D eigenvalue weighted by atomic mass is 32.2. The zero-order valence-corrected chi connectivity index (χ0v) is 17.2. The summed E-state index contributed by atoms with van der Waals surface area (Å²) in [5.74, 6) is 0.316. The molecule has 0 unspecified atom stereocenters. The van der Waals surface area contributed by atoms with Crippen LogP contribution in [0.25, 0.3) is 0 Å². The van der Waals surface area contributed by atoms with Crippen LogP contribution in [-0.4, -0.2) is 27.6 Å². The lowest BCUT2D eigenvalue weighted by Gasteiger charge is -2.09. The number of benzene rings is 3. The van der Waals surface area contributed by atoms with Crippen LogP contribution in [-0.2, 0) is 10.1 Å². The van der Waals surface area contributed by atoms with Crippen LogP contribution in [0.4, 0.5) is 0 Å². The molecule has 0 atom stereocenters. The van der Waals surface area contributed by atoms with Gasteiger partial charge in [0, 0.05) is 11.1 Å². The molecule has 0 aromatic heterocycles. The number of aryl methyl sites for hydroxylation is 1. The molecule has 154 valence electrons. The van der Waals surface area contributed by atoms with E-state index < -0.39 is 16.0 Å². The Balaban J connectivity index is 1.73. The van der Waals surface area contributed by atoms with E-state index >= 15 is 0 Å². The number of hydrogen-bond donors (Lipinski definition) is 1. The third-order valence-corrected chi connectivity index (χ3v) is 5.40. The molecule has 3 aromatic carbocycles. The summed E-state index contributed by atoms with van der Waals surface area (Å²) in [6.45, 7) is 1.86. The molecule has 1 N–H and O–H groups in total. The van der Waals surface area contributed by atoms with Crippen molar-refractivity contribution in [3.8, 4) is 11.5 Å². The fourth-order valence-corrected chi connectivity index (χ4v) is 3.46. The Labute approximate surface area is 175 Å². The van der Waals surface area contributed by atoms with Gasteiger partial charge in [0.25, 0.3) is 5.91 Å². The molecule has 0 fully saturated rings. The summed E-state index contributed by atoms with van der Waals surface area (Å²) in [5, 5.41) is 3.90. The average Bonchev–Trinajstić information content (AvgIpc) is 2.75. The largest absolute Gasteiger partial charge is 0.497 e. The molecule has 0 heterocycles. The number of para-hydroxylation sites is 1. The van der Waals surface area contributed by atoms with Crippen molar-refractivity contribution in [3.05, 3.63) is 89.5 Å². The summed E-state index contributed by atoms with van der Waals surface area (Å²) >= 11 is 0. The Morgan fingerprint density at radius 1 is 0.967 bits per heavy atom. The second-order valence-corrected chi connectivity index (χ2v) is 7.86. The number of carbonyl (C=O) groups is 1. The number of ether oxygens (including phenoxy) is 1. The van der Waals surface area contributed by atoms with Crippen molar-refractivity contribution >= 4 is 22.2 Å². The summed E-state index contributed by atoms with van der Waals surface area (Å²) in [6.07, 6.45) is 1.32. The highest BCUT2D eigenvalue weighted by molar-refractivity contribution is 7.87. The standard InChI is InChI=1S/C22H20N2O5S/c1-16-7-13-20(14-8-16)30(26,27)29-21-6-4-3-5-18(21)15-23-24-22(25)17-9-11-19(28-2)12-10-17/h3-15H,1-2H3,(H,24,25)/b23-15+. The lowest BCUT2D eigenvalue weighted by molar-refractivity contribution is 0.0955. The van der Waals surface area contributed by atoms with Crippen molar-refractivity contribution < 1.29 is 22.1 Å². The van der Waals surface area contributed by atoms with E-state index in [2.05, 4.69) is 10.5 Å². The second-order valence-electron chi connectivity index (χ2n) is 6.32. The molecular weight excluding hydrogens is 404 g/mol. The Hall–Kier alpha value is -3.65. The minimum atomic E-state index is -4.00. The topological polar surface area (TPSA) is 94.1 Å². The number of amides is 1. The molecular formula is C22H20N2O5S. The minimum absolute atomic E-state index is 0.0488. The van der Waals surface area contributed by atoms with E-state index in [4.69, 9.17) is 8.92 Å². The number of hydrogen-bond acceptors (Lipinski definition) is 6. The van der Waals surface area contributed by atoms with E-state index in [1.807, 2.05) is 6.92 Å². The van der Waals surface area contributed by atoms with Crippen LogP contribution in [0.5, 0.6) is 11.5 Å². The van der Waals surface area contributed by atoms with Gasteiger partial charge in [0.15, 0.2) is 5.75 Å². The van der Waals surface area contributed by atoms with Crippen LogP contribution < -0.4 is 14.3 Å². The summed E-state index contributed by atoms with van der Waals surface area (Å²) in [6, 6.07) is 19.4. The third kappa shape index (κ3) is 5.24. The van der Waals surface area contributed by atoms with Crippen molar-refractivity contribution in [2.24, 2.45) is 5.10 Å². The van der Waals surface area contributed by atoms with E-state index in [1.54, 1.807) is 54.6 Å². The summed E-state index contributed by atoms with van der Waals surface area (Å²) in [5.41, 5.74) is 4.13. The van der Waals surface area contributed by atoms with Crippen LogP contribution >= 0.6 is 0 Å². The van der Waals surface area contributed by atoms with Gasteiger partial charge in [0.05, 0.1) is 13.3 Å². The van der Waals surface area contributed by atoms with E-state index in [9.17, 15) is 13.2 Å². The number of hydrazone groups is 1. The highest BCUT2D eigenvalue weighted by Gasteiger charge is 2.17. The van der Waals surface area contributed by atoms with Gasteiger partial charge in [-0.15, -0.1) is 0 Å². The van der Waals surface area contributed by atoms with Gasteiger partial charge in [-0.25, -0.2) is 5.43 Å². The predicted molar refractivity (Wildman–Crippen MR) is 113 cm³/mol.